The van der Waals surface area contributed by atoms with Crippen LogP contribution in [0.4, 0.5) is 8.78 Å². The van der Waals surface area contributed by atoms with Crippen molar-refractivity contribution in [1.82, 2.24) is 19.7 Å². The summed E-state index contributed by atoms with van der Waals surface area (Å²) in [5.74, 6) is -3.99. The molecule has 32 heavy (non-hydrogen) atoms. The second kappa shape index (κ2) is 10.4. The van der Waals surface area contributed by atoms with Crippen LogP contribution in [0.2, 0.25) is 0 Å². The Hall–Kier alpha value is -3.16. The molecule has 0 radical (unpaired) electrons. The van der Waals surface area contributed by atoms with Gasteiger partial charge in [-0.1, -0.05) is 57.0 Å². The number of benzene rings is 1. The Morgan fingerprint density at radius 2 is 1.84 bits per heavy atom. The van der Waals surface area contributed by atoms with Gasteiger partial charge in [-0.3, -0.25) is 0 Å². The van der Waals surface area contributed by atoms with E-state index in [1.807, 2.05) is 12.1 Å². The van der Waals surface area contributed by atoms with Crippen LogP contribution in [0, 0.1) is 0 Å². The molecule has 0 spiro atoms. The fourth-order valence-electron chi connectivity index (χ4n) is 3.57. The highest BCUT2D eigenvalue weighted by atomic mass is 19.3. The van der Waals surface area contributed by atoms with Gasteiger partial charge in [-0.05, 0) is 30.0 Å². The highest BCUT2D eigenvalue weighted by Crippen LogP contribution is 2.31. The average Bonchev–Trinajstić information content (AvgIpc) is 3.18. The normalized spacial score (nSPS) is 11.6. The summed E-state index contributed by atoms with van der Waals surface area (Å²) < 4.78 is 30.4. The van der Waals surface area contributed by atoms with Crippen molar-refractivity contribution in [3.05, 3.63) is 65.5 Å². The molecule has 0 fully saturated rings. The maximum Gasteiger partial charge on any atom is 0.355 e. The molecule has 1 N–H and O–H groups in total. The fourth-order valence-corrected chi connectivity index (χ4v) is 3.57. The van der Waals surface area contributed by atoms with Crippen molar-refractivity contribution in [2.45, 2.75) is 64.8 Å². The van der Waals surface area contributed by atoms with Gasteiger partial charge in [0.05, 0.1) is 6.54 Å². The summed E-state index contributed by atoms with van der Waals surface area (Å²) >= 11 is 0. The molecule has 1 aromatic carbocycles. The molecule has 0 aliphatic carbocycles. The summed E-state index contributed by atoms with van der Waals surface area (Å²) in [6.07, 6.45) is 5.00. The molecule has 0 unspecified atom stereocenters. The Kier molecular flexibility index (Phi) is 7.66. The Bertz CT molecular complexity index is 1050. The third-order valence-corrected chi connectivity index (χ3v) is 5.25. The summed E-state index contributed by atoms with van der Waals surface area (Å²) in [5.41, 5.74) is 2.09. The summed E-state index contributed by atoms with van der Waals surface area (Å²) in [5, 5.41) is 13.5. The number of nitrogens with zero attached hydrogens (tertiary/aromatic N) is 4. The molecule has 3 rings (SSSR count). The number of aromatic carboxylic acids is 1. The minimum absolute atomic E-state index is 0.0162. The topological polar surface area (TPSA) is 80.9 Å². The first-order chi connectivity index (χ1) is 15.4. The van der Waals surface area contributed by atoms with Crippen molar-refractivity contribution in [2.24, 2.45) is 0 Å². The molecule has 0 atom stereocenters. The first-order valence-electron chi connectivity index (χ1n) is 10.9. The minimum atomic E-state index is -3.04. The number of rotatable bonds is 11. The molecule has 2 heterocycles. The molecule has 6 nitrogen and oxygen atoms in total. The van der Waals surface area contributed by atoms with E-state index in [0.29, 0.717) is 30.8 Å². The lowest BCUT2D eigenvalue weighted by Crippen LogP contribution is -2.15. The van der Waals surface area contributed by atoms with Gasteiger partial charge in [-0.25, -0.2) is 19.4 Å². The molecular formula is C24H28F2N4O2. The van der Waals surface area contributed by atoms with Crippen molar-refractivity contribution in [3.63, 3.8) is 0 Å². The molecule has 0 aliphatic rings. The number of unbranched alkanes of at least 4 members (excludes halogenated alkanes) is 2. The lowest BCUT2D eigenvalue weighted by Gasteiger charge is -2.10. The third kappa shape index (κ3) is 5.55. The van der Waals surface area contributed by atoms with E-state index in [4.69, 9.17) is 0 Å². The van der Waals surface area contributed by atoms with E-state index in [0.717, 1.165) is 30.4 Å². The monoisotopic (exact) mass is 442 g/mol. The summed E-state index contributed by atoms with van der Waals surface area (Å²) in [4.78, 5) is 19.6. The van der Waals surface area contributed by atoms with Crippen molar-refractivity contribution in [2.75, 3.05) is 0 Å². The van der Waals surface area contributed by atoms with Gasteiger partial charge in [0, 0.05) is 24.6 Å². The number of carboxylic acid groups (broad SMARTS) is 1. The molecule has 0 saturated heterocycles. The van der Waals surface area contributed by atoms with Crippen LogP contribution in [0.15, 0.2) is 42.6 Å². The van der Waals surface area contributed by atoms with Crippen molar-refractivity contribution in [1.29, 1.82) is 0 Å². The molecule has 8 heteroatoms. The Morgan fingerprint density at radius 1 is 1.09 bits per heavy atom. The van der Waals surface area contributed by atoms with E-state index in [1.54, 1.807) is 35.9 Å². The van der Waals surface area contributed by atoms with E-state index in [-0.39, 0.29) is 12.1 Å². The number of aromatic nitrogens is 4. The van der Waals surface area contributed by atoms with E-state index in [1.165, 1.54) is 6.20 Å². The summed E-state index contributed by atoms with van der Waals surface area (Å²) in [6, 6.07) is 10.7. The van der Waals surface area contributed by atoms with Crippen LogP contribution in [0.25, 0.3) is 11.1 Å². The fraction of sp³-hybridized carbons (Fsp3) is 0.417. The number of carbonyl (C=O) groups is 1. The van der Waals surface area contributed by atoms with E-state index < -0.39 is 17.7 Å². The zero-order valence-electron chi connectivity index (χ0n) is 18.4. The van der Waals surface area contributed by atoms with Gasteiger partial charge in [-0.15, -0.1) is 5.10 Å². The van der Waals surface area contributed by atoms with Gasteiger partial charge < -0.3 is 5.11 Å². The maximum atomic E-state index is 14.4. The summed E-state index contributed by atoms with van der Waals surface area (Å²) in [7, 11) is 0. The molecule has 0 aliphatic heterocycles. The number of hydrogen-bond acceptors (Lipinski definition) is 4. The van der Waals surface area contributed by atoms with Crippen LogP contribution in [0.5, 0.6) is 0 Å². The number of pyridine rings is 1. The number of halogens is 2. The van der Waals surface area contributed by atoms with Crippen LogP contribution in [-0.2, 0) is 18.9 Å². The number of hydrogen-bond donors (Lipinski definition) is 1. The lowest BCUT2D eigenvalue weighted by atomic mass is 10.0. The lowest BCUT2D eigenvalue weighted by molar-refractivity contribution is -0.0232. The zero-order valence-corrected chi connectivity index (χ0v) is 18.4. The molecule has 0 amide bonds. The maximum absolute atomic E-state index is 14.4. The predicted octanol–water partition coefficient (Wildman–Crippen LogP) is 5.71. The van der Waals surface area contributed by atoms with Crippen molar-refractivity contribution >= 4 is 5.97 Å². The molecule has 3 aromatic rings. The Balaban J connectivity index is 1.86. The smallest absolute Gasteiger partial charge is 0.355 e. The van der Waals surface area contributed by atoms with Crippen molar-refractivity contribution in [3.8, 4) is 11.1 Å². The van der Waals surface area contributed by atoms with Gasteiger partial charge in [0.25, 0.3) is 0 Å². The standard InChI is InChI=1S/C24H28F2N4O2/c1-3-5-6-9-20-28-23(24(25,26)14-4-2)29-30(20)16-17-10-12-18(13-11-17)19-8-7-15-27-21(19)22(31)32/h7-8,10-13,15H,3-6,9,14,16H2,1-2H3,(H,31,32). The minimum Gasteiger partial charge on any atom is -0.476 e. The largest absolute Gasteiger partial charge is 0.476 e. The zero-order chi connectivity index (χ0) is 23.1. The van der Waals surface area contributed by atoms with Gasteiger partial charge >= 0.3 is 11.9 Å². The van der Waals surface area contributed by atoms with Crippen LogP contribution in [-0.4, -0.2) is 30.8 Å². The SMILES string of the molecule is CCCCCc1nc(C(F)(F)CCC)nn1Cc1ccc(-c2cccnc2C(=O)O)cc1. The van der Waals surface area contributed by atoms with Gasteiger partial charge in [0.15, 0.2) is 5.69 Å². The summed E-state index contributed by atoms with van der Waals surface area (Å²) in [6.45, 7) is 4.12. The van der Waals surface area contributed by atoms with E-state index >= 15 is 0 Å². The Labute approximate surface area is 186 Å². The molecule has 2 aromatic heterocycles. The van der Waals surface area contributed by atoms with E-state index in [2.05, 4.69) is 22.0 Å². The van der Waals surface area contributed by atoms with E-state index in [9.17, 15) is 18.7 Å². The van der Waals surface area contributed by atoms with Crippen LogP contribution < -0.4 is 0 Å². The third-order valence-electron chi connectivity index (χ3n) is 5.25. The molecule has 170 valence electrons. The number of alkyl halides is 2. The van der Waals surface area contributed by atoms with Gasteiger partial charge in [0.2, 0.25) is 5.82 Å². The second-order valence-corrected chi connectivity index (χ2v) is 7.82. The quantitative estimate of drug-likeness (QED) is 0.385. The predicted molar refractivity (Wildman–Crippen MR) is 118 cm³/mol. The van der Waals surface area contributed by atoms with Crippen LogP contribution >= 0.6 is 0 Å². The highest BCUT2D eigenvalue weighted by Gasteiger charge is 2.36. The first kappa shape index (κ1) is 23.5. The molecular weight excluding hydrogens is 414 g/mol. The van der Waals surface area contributed by atoms with Crippen LogP contribution in [0.3, 0.4) is 0 Å². The van der Waals surface area contributed by atoms with Crippen molar-refractivity contribution < 1.29 is 18.7 Å². The van der Waals surface area contributed by atoms with Gasteiger partial charge in [0.1, 0.15) is 5.82 Å². The number of aryl methyl sites for hydroxylation is 1. The van der Waals surface area contributed by atoms with Gasteiger partial charge in [-0.2, -0.15) is 8.78 Å². The van der Waals surface area contributed by atoms with Crippen LogP contribution in [0.1, 0.15) is 73.7 Å². The Morgan fingerprint density at radius 3 is 2.50 bits per heavy atom. The number of carboxylic acids is 1. The highest BCUT2D eigenvalue weighted by molar-refractivity contribution is 5.93. The molecule has 0 saturated carbocycles. The molecule has 0 bridgehead atoms. The second-order valence-electron chi connectivity index (χ2n) is 7.82. The average molecular weight is 443 g/mol. The first-order valence-corrected chi connectivity index (χ1v) is 10.9.